The van der Waals surface area contributed by atoms with Crippen molar-refractivity contribution in [2.24, 2.45) is 10.9 Å². The van der Waals surface area contributed by atoms with Crippen LogP contribution in [0.5, 0.6) is 0 Å². The number of aliphatic imine (C=N–C) groups is 1. The highest BCUT2D eigenvalue weighted by Gasteiger charge is 2.48. The molecule has 1 saturated heterocycles. The maximum atomic E-state index is 12.8. The highest BCUT2D eigenvalue weighted by atomic mass is 16.5. The van der Waals surface area contributed by atoms with Gasteiger partial charge >= 0.3 is 5.97 Å². The van der Waals surface area contributed by atoms with E-state index in [2.05, 4.69) is 37.3 Å². The van der Waals surface area contributed by atoms with E-state index in [1.54, 1.807) is 0 Å². The average Bonchev–Trinajstić information content (AvgIpc) is 3.31. The second-order valence-corrected chi connectivity index (χ2v) is 11.6. The summed E-state index contributed by atoms with van der Waals surface area (Å²) in [5, 5.41) is 12.6. The molecule has 0 saturated carbocycles. The van der Waals surface area contributed by atoms with Crippen molar-refractivity contribution in [3.8, 4) is 0 Å². The van der Waals surface area contributed by atoms with E-state index >= 15 is 0 Å². The first-order valence-electron chi connectivity index (χ1n) is 12.9. The van der Waals surface area contributed by atoms with Crippen molar-refractivity contribution in [2.75, 3.05) is 6.61 Å². The van der Waals surface area contributed by atoms with Crippen molar-refractivity contribution in [1.82, 2.24) is 0 Å². The van der Waals surface area contributed by atoms with Crippen LogP contribution in [0.25, 0.3) is 16.3 Å². The molecule has 1 N–H and O–H groups in total. The number of rotatable bonds is 4. The first-order chi connectivity index (χ1) is 17.6. The summed E-state index contributed by atoms with van der Waals surface area (Å²) in [6.45, 7) is 11.6. The molecule has 192 valence electrons. The Balaban J connectivity index is 1.69. The number of aryl methyl sites for hydroxylation is 1. The van der Waals surface area contributed by atoms with E-state index in [0.717, 1.165) is 39.7 Å². The maximum Gasteiger partial charge on any atom is 0.337 e. The van der Waals surface area contributed by atoms with Crippen molar-refractivity contribution in [3.05, 3.63) is 75.6 Å². The monoisotopic (exact) mass is 499 g/mol. The van der Waals surface area contributed by atoms with Crippen molar-refractivity contribution >= 4 is 28.5 Å². The predicted octanol–water partition coefficient (Wildman–Crippen LogP) is 6.21. The number of ether oxygens (including phenoxy) is 3. The van der Waals surface area contributed by atoms with Gasteiger partial charge in [-0.15, -0.1) is 0 Å². The molecule has 37 heavy (non-hydrogen) atoms. The first-order valence-corrected chi connectivity index (χ1v) is 12.9. The standard InChI is InChI=1S/C31H33NO5/c1-17-14-21-20(7-6-19-15-35-16-22(19)21)26(25(17)28(29(33)34)37-30(2,3)4)23-8-9-24-27-18(11-13-36-24)10-12-32-31(23,27)5/h6-10,12,14,27-28H,11,13,15-16H2,1-5H3,(H,33,34). The van der Waals surface area contributed by atoms with Crippen LogP contribution in [0.2, 0.25) is 0 Å². The van der Waals surface area contributed by atoms with Crippen LogP contribution in [0.4, 0.5) is 0 Å². The molecule has 6 heteroatoms. The van der Waals surface area contributed by atoms with Gasteiger partial charge in [0.1, 0.15) is 5.76 Å². The minimum atomic E-state index is -1.14. The van der Waals surface area contributed by atoms with E-state index in [9.17, 15) is 9.90 Å². The maximum absolute atomic E-state index is 12.8. The molecule has 0 aromatic heterocycles. The molecule has 2 aromatic rings. The summed E-state index contributed by atoms with van der Waals surface area (Å²) in [5.41, 5.74) is 5.81. The molecule has 6 nitrogen and oxygen atoms in total. The lowest BCUT2D eigenvalue weighted by atomic mass is 9.66. The summed E-state index contributed by atoms with van der Waals surface area (Å²) < 4.78 is 18.1. The van der Waals surface area contributed by atoms with Gasteiger partial charge in [0.25, 0.3) is 0 Å². The molecule has 3 atom stereocenters. The Morgan fingerprint density at radius 3 is 2.76 bits per heavy atom. The van der Waals surface area contributed by atoms with Gasteiger partial charge in [-0.2, -0.15) is 0 Å². The van der Waals surface area contributed by atoms with Crippen LogP contribution in [0, 0.1) is 12.8 Å². The van der Waals surface area contributed by atoms with Crippen molar-refractivity contribution in [1.29, 1.82) is 0 Å². The summed E-state index contributed by atoms with van der Waals surface area (Å²) in [5.74, 6) is -0.0944. The molecule has 0 bridgehead atoms. The number of nitrogens with zero attached hydrogens (tertiary/aromatic N) is 1. The minimum absolute atomic E-state index is 0.0146. The molecule has 3 unspecified atom stereocenters. The molecule has 6 rings (SSSR count). The van der Waals surface area contributed by atoms with Crippen LogP contribution in [0.3, 0.4) is 0 Å². The van der Waals surface area contributed by atoms with Gasteiger partial charge < -0.3 is 19.3 Å². The van der Waals surface area contributed by atoms with E-state index in [-0.39, 0.29) is 5.92 Å². The Hall–Kier alpha value is -3.22. The number of aliphatic carboxylic acids is 1. The van der Waals surface area contributed by atoms with Crippen molar-refractivity contribution < 1.29 is 24.1 Å². The zero-order chi connectivity index (χ0) is 26.1. The zero-order valence-electron chi connectivity index (χ0n) is 22.1. The number of hydrogen-bond donors (Lipinski definition) is 1. The third kappa shape index (κ3) is 3.77. The Morgan fingerprint density at radius 1 is 1.19 bits per heavy atom. The Bertz CT molecular complexity index is 1450. The SMILES string of the molecule is Cc1cc2c3c(ccc2c(C2=CC=C4OCCC5=CC=NC2(C)C54)c1C(OC(C)(C)C)C(=O)O)COC3. The number of carbonyl (C=O) groups is 1. The molecule has 1 aliphatic carbocycles. The number of hydrogen-bond acceptors (Lipinski definition) is 5. The number of carboxylic acid groups (broad SMARTS) is 1. The summed E-state index contributed by atoms with van der Waals surface area (Å²) >= 11 is 0. The number of allylic oxidation sites excluding steroid dienone is 3. The van der Waals surface area contributed by atoms with E-state index in [1.807, 2.05) is 40.0 Å². The highest BCUT2D eigenvalue weighted by molar-refractivity contribution is 6.02. The second-order valence-electron chi connectivity index (χ2n) is 11.6. The third-order valence-electron chi connectivity index (χ3n) is 7.98. The molecule has 0 amide bonds. The summed E-state index contributed by atoms with van der Waals surface area (Å²) in [6, 6.07) is 6.33. The molecule has 2 aromatic carbocycles. The lowest BCUT2D eigenvalue weighted by Crippen LogP contribution is -2.43. The second kappa shape index (κ2) is 8.40. The average molecular weight is 500 g/mol. The lowest BCUT2D eigenvalue weighted by Gasteiger charge is -2.45. The van der Waals surface area contributed by atoms with E-state index in [1.165, 1.54) is 16.7 Å². The largest absolute Gasteiger partial charge is 0.497 e. The number of dihydropyridines is 1. The van der Waals surface area contributed by atoms with Crippen LogP contribution in [0.15, 0.2) is 52.8 Å². The van der Waals surface area contributed by atoms with Crippen molar-refractivity contribution in [3.63, 3.8) is 0 Å². The zero-order valence-corrected chi connectivity index (χ0v) is 22.1. The van der Waals surface area contributed by atoms with Gasteiger partial charge in [-0.1, -0.05) is 29.8 Å². The molecule has 4 aliphatic rings. The fourth-order valence-electron chi connectivity index (χ4n) is 6.43. The summed E-state index contributed by atoms with van der Waals surface area (Å²) in [6.07, 6.45) is 7.85. The van der Waals surface area contributed by atoms with Crippen molar-refractivity contribution in [2.45, 2.75) is 71.5 Å². The fourth-order valence-corrected chi connectivity index (χ4v) is 6.43. The van der Waals surface area contributed by atoms with Crippen LogP contribution < -0.4 is 0 Å². The molecule has 0 radical (unpaired) electrons. The topological polar surface area (TPSA) is 77.4 Å². The van der Waals surface area contributed by atoms with Gasteiger partial charge in [0, 0.05) is 18.2 Å². The number of carboxylic acids is 1. The molecular weight excluding hydrogens is 466 g/mol. The Morgan fingerprint density at radius 2 is 2.00 bits per heavy atom. The van der Waals surface area contributed by atoms with Gasteiger partial charge in [0.2, 0.25) is 0 Å². The van der Waals surface area contributed by atoms with Crippen LogP contribution in [0.1, 0.15) is 68.0 Å². The van der Waals surface area contributed by atoms with E-state index in [4.69, 9.17) is 19.2 Å². The van der Waals surface area contributed by atoms with Gasteiger partial charge in [0.15, 0.2) is 6.10 Å². The predicted molar refractivity (Wildman–Crippen MR) is 143 cm³/mol. The first kappa shape index (κ1) is 24.1. The van der Waals surface area contributed by atoms with Crippen LogP contribution >= 0.6 is 0 Å². The van der Waals surface area contributed by atoms with Gasteiger partial charge in [-0.3, -0.25) is 4.99 Å². The molecular formula is C31H33NO5. The highest BCUT2D eigenvalue weighted by Crippen LogP contribution is 2.53. The fraction of sp³-hybridized carbons (Fsp3) is 0.419. The number of benzene rings is 2. The van der Waals surface area contributed by atoms with Gasteiger partial charge in [-0.25, -0.2) is 4.79 Å². The van der Waals surface area contributed by atoms with Crippen LogP contribution in [-0.2, 0) is 32.2 Å². The lowest BCUT2D eigenvalue weighted by molar-refractivity contribution is -0.160. The summed E-state index contributed by atoms with van der Waals surface area (Å²) in [4.78, 5) is 17.8. The third-order valence-corrected chi connectivity index (χ3v) is 7.98. The van der Waals surface area contributed by atoms with Gasteiger partial charge in [-0.05, 0) is 85.4 Å². The smallest absolute Gasteiger partial charge is 0.337 e. The quantitative estimate of drug-likeness (QED) is 0.542. The number of fused-ring (bicyclic) bond motifs is 3. The molecule has 0 spiro atoms. The molecule has 1 fully saturated rings. The molecule has 3 heterocycles. The van der Waals surface area contributed by atoms with Crippen LogP contribution in [-0.4, -0.2) is 35.0 Å². The summed E-state index contributed by atoms with van der Waals surface area (Å²) in [7, 11) is 0. The Kier molecular flexibility index (Phi) is 5.48. The van der Waals surface area contributed by atoms with E-state index < -0.39 is 23.2 Å². The van der Waals surface area contributed by atoms with E-state index in [0.29, 0.717) is 25.4 Å². The van der Waals surface area contributed by atoms with Gasteiger partial charge in [0.05, 0.1) is 36.9 Å². The minimum Gasteiger partial charge on any atom is -0.497 e. The molecule has 3 aliphatic heterocycles. The normalized spacial score (nSPS) is 25.0. The Labute approximate surface area is 217 Å².